The van der Waals surface area contributed by atoms with E-state index in [9.17, 15) is 0 Å². The lowest BCUT2D eigenvalue weighted by Crippen LogP contribution is -2.16. The Bertz CT molecular complexity index is 686. The Balaban J connectivity index is 1.55. The molecule has 102 valence electrons. The molecule has 0 aliphatic carbocycles. The van der Waals surface area contributed by atoms with Crippen molar-refractivity contribution in [3.8, 4) is 0 Å². The van der Waals surface area contributed by atoms with Gasteiger partial charge < -0.3 is 10.3 Å². The van der Waals surface area contributed by atoms with Crippen LogP contribution >= 0.6 is 11.6 Å². The van der Waals surface area contributed by atoms with E-state index in [-0.39, 0.29) is 0 Å². The molecule has 3 rings (SSSR count). The fourth-order valence-corrected chi connectivity index (χ4v) is 2.54. The van der Waals surface area contributed by atoms with Gasteiger partial charge in [-0.2, -0.15) is 0 Å². The molecule has 0 atom stereocenters. The number of hydrogen-bond acceptors (Lipinski definition) is 1. The maximum atomic E-state index is 5.88. The van der Waals surface area contributed by atoms with Crippen molar-refractivity contribution < 1.29 is 0 Å². The summed E-state index contributed by atoms with van der Waals surface area (Å²) in [7, 11) is 0. The number of H-pyrrole nitrogens is 1. The summed E-state index contributed by atoms with van der Waals surface area (Å²) in [5, 5.41) is 5.59. The molecule has 0 bridgehead atoms. The van der Waals surface area contributed by atoms with Crippen LogP contribution in [0.5, 0.6) is 0 Å². The van der Waals surface area contributed by atoms with Gasteiger partial charge in [-0.15, -0.1) is 0 Å². The van der Waals surface area contributed by atoms with E-state index in [0.29, 0.717) is 0 Å². The van der Waals surface area contributed by atoms with E-state index in [1.165, 1.54) is 22.0 Å². The molecule has 2 aromatic carbocycles. The number of nitrogens with one attached hydrogen (secondary N) is 2. The molecule has 0 spiro atoms. The van der Waals surface area contributed by atoms with Crippen LogP contribution in [-0.2, 0) is 13.0 Å². The second-order valence-corrected chi connectivity index (χ2v) is 5.35. The Labute approximate surface area is 123 Å². The molecular formula is C17H17ClN2. The van der Waals surface area contributed by atoms with E-state index >= 15 is 0 Å². The third-order valence-electron chi connectivity index (χ3n) is 3.50. The standard InChI is InChI=1S/C17H17ClN2/c18-15-6-4-13(5-7-15)8-10-19-12-14-2-1-3-17-16(14)9-11-20-17/h1-7,9,11,19-20H,8,10,12H2. The van der Waals surface area contributed by atoms with Crippen molar-refractivity contribution in [1.82, 2.24) is 10.3 Å². The Hall–Kier alpha value is -1.77. The molecule has 3 heteroatoms. The van der Waals surface area contributed by atoms with Gasteiger partial charge in [-0.05, 0) is 48.4 Å². The highest BCUT2D eigenvalue weighted by atomic mass is 35.5. The predicted molar refractivity (Wildman–Crippen MR) is 85.2 cm³/mol. The second-order valence-electron chi connectivity index (χ2n) is 4.91. The molecule has 0 amide bonds. The molecule has 2 nitrogen and oxygen atoms in total. The number of rotatable bonds is 5. The fourth-order valence-electron chi connectivity index (χ4n) is 2.41. The van der Waals surface area contributed by atoms with Gasteiger partial charge in [0, 0.05) is 28.7 Å². The van der Waals surface area contributed by atoms with E-state index in [1.54, 1.807) is 0 Å². The number of aromatic nitrogens is 1. The first kappa shape index (κ1) is 13.2. The van der Waals surface area contributed by atoms with Crippen molar-refractivity contribution in [2.75, 3.05) is 6.54 Å². The second kappa shape index (κ2) is 6.12. The zero-order valence-corrected chi connectivity index (χ0v) is 12.0. The van der Waals surface area contributed by atoms with Crippen LogP contribution in [0.3, 0.4) is 0 Å². The van der Waals surface area contributed by atoms with Crippen molar-refractivity contribution in [1.29, 1.82) is 0 Å². The highest BCUT2D eigenvalue weighted by Crippen LogP contribution is 2.17. The third kappa shape index (κ3) is 3.03. The molecule has 20 heavy (non-hydrogen) atoms. The monoisotopic (exact) mass is 284 g/mol. The largest absolute Gasteiger partial charge is 0.361 e. The minimum absolute atomic E-state index is 0.792. The number of halogens is 1. The zero-order chi connectivity index (χ0) is 13.8. The minimum Gasteiger partial charge on any atom is -0.361 e. The molecule has 3 aromatic rings. The molecule has 1 heterocycles. The quantitative estimate of drug-likeness (QED) is 0.677. The molecule has 0 saturated heterocycles. The normalized spacial score (nSPS) is 11.1. The minimum atomic E-state index is 0.792. The van der Waals surface area contributed by atoms with E-state index in [2.05, 4.69) is 46.7 Å². The fraction of sp³-hybridized carbons (Fsp3) is 0.176. The van der Waals surface area contributed by atoms with Crippen molar-refractivity contribution in [2.45, 2.75) is 13.0 Å². The first-order chi connectivity index (χ1) is 9.83. The zero-order valence-electron chi connectivity index (χ0n) is 11.2. The van der Waals surface area contributed by atoms with Gasteiger partial charge in [-0.25, -0.2) is 0 Å². The van der Waals surface area contributed by atoms with Crippen molar-refractivity contribution in [2.24, 2.45) is 0 Å². The number of benzene rings is 2. The van der Waals surface area contributed by atoms with Gasteiger partial charge in [0.25, 0.3) is 0 Å². The van der Waals surface area contributed by atoms with Crippen molar-refractivity contribution >= 4 is 22.5 Å². The molecule has 0 aliphatic rings. The molecule has 0 aliphatic heterocycles. The van der Waals surface area contributed by atoms with Crippen LogP contribution in [0.4, 0.5) is 0 Å². The van der Waals surface area contributed by atoms with Gasteiger partial charge in [0.05, 0.1) is 0 Å². The van der Waals surface area contributed by atoms with Crippen LogP contribution < -0.4 is 5.32 Å². The predicted octanol–water partition coefficient (Wildman–Crippen LogP) is 4.15. The Morgan fingerprint density at radius 1 is 1.00 bits per heavy atom. The first-order valence-electron chi connectivity index (χ1n) is 6.83. The molecule has 0 unspecified atom stereocenters. The average Bonchev–Trinajstić information content (AvgIpc) is 2.94. The molecule has 0 radical (unpaired) electrons. The van der Waals surface area contributed by atoms with E-state index in [4.69, 9.17) is 11.6 Å². The maximum Gasteiger partial charge on any atom is 0.0457 e. The Morgan fingerprint density at radius 3 is 2.70 bits per heavy atom. The summed E-state index contributed by atoms with van der Waals surface area (Å²) in [5.41, 5.74) is 3.84. The lowest BCUT2D eigenvalue weighted by Gasteiger charge is -2.06. The van der Waals surface area contributed by atoms with Gasteiger partial charge >= 0.3 is 0 Å². The van der Waals surface area contributed by atoms with E-state index in [1.807, 2.05) is 18.3 Å². The van der Waals surface area contributed by atoms with E-state index < -0.39 is 0 Å². The molecule has 1 aromatic heterocycles. The first-order valence-corrected chi connectivity index (χ1v) is 7.21. The summed E-state index contributed by atoms with van der Waals surface area (Å²) in [6, 6.07) is 16.5. The van der Waals surface area contributed by atoms with Crippen LogP contribution in [0.15, 0.2) is 54.7 Å². The molecule has 0 saturated carbocycles. The van der Waals surface area contributed by atoms with Crippen LogP contribution in [0.2, 0.25) is 5.02 Å². The van der Waals surface area contributed by atoms with Gasteiger partial charge in [-0.1, -0.05) is 35.9 Å². The summed E-state index contributed by atoms with van der Waals surface area (Å²) < 4.78 is 0. The summed E-state index contributed by atoms with van der Waals surface area (Å²) in [6.45, 7) is 1.85. The lowest BCUT2D eigenvalue weighted by atomic mass is 10.1. The smallest absolute Gasteiger partial charge is 0.0457 e. The van der Waals surface area contributed by atoms with Crippen LogP contribution in [-0.4, -0.2) is 11.5 Å². The summed E-state index contributed by atoms with van der Waals surface area (Å²) in [6.07, 6.45) is 3.00. The molecule has 2 N–H and O–H groups in total. The Kier molecular flexibility index (Phi) is 4.05. The maximum absolute atomic E-state index is 5.88. The van der Waals surface area contributed by atoms with Crippen LogP contribution in [0.1, 0.15) is 11.1 Å². The van der Waals surface area contributed by atoms with Gasteiger partial charge in [0.1, 0.15) is 0 Å². The summed E-state index contributed by atoms with van der Waals surface area (Å²) in [5.74, 6) is 0. The highest BCUT2D eigenvalue weighted by molar-refractivity contribution is 6.30. The third-order valence-corrected chi connectivity index (χ3v) is 3.76. The highest BCUT2D eigenvalue weighted by Gasteiger charge is 2.01. The number of aromatic amines is 1. The van der Waals surface area contributed by atoms with Gasteiger partial charge in [0.2, 0.25) is 0 Å². The number of fused-ring (bicyclic) bond motifs is 1. The van der Waals surface area contributed by atoms with E-state index in [0.717, 1.165) is 24.5 Å². The lowest BCUT2D eigenvalue weighted by molar-refractivity contribution is 0.690. The topological polar surface area (TPSA) is 27.8 Å². The van der Waals surface area contributed by atoms with Crippen LogP contribution in [0.25, 0.3) is 10.9 Å². The van der Waals surface area contributed by atoms with Crippen molar-refractivity contribution in [3.63, 3.8) is 0 Å². The van der Waals surface area contributed by atoms with Crippen LogP contribution in [0, 0.1) is 0 Å². The number of hydrogen-bond donors (Lipinski definition) is 2. The summed E-state index contributed by atoms with van der Waals surface area (Å²) in [4.78, 5) is 3.24. The van der Waals surface area contributed by atoms with Gasteiger partial charge in [0.15, 0.2) is 0 Å². The Morgan fingerprint density at radius 2 is 1.85 bits per heavy atom. The SMILES string of the molecule is Clc1ccc(CCNCc2cccc3[nH]ccc23)cc1. The molecule has 0 fully saturated rings. The average molecular weight is 285 g/mol. The van der Waals surface area contributed by atoms with Crippen molar-refractivity contribution in [3.05, 3.63) is 70.9 Å². The summed E-state index contributed by atoms with van der Waals surface area (Å²) >= 11 is 5.88. The van der Waals surface area contributed by atoms with Gasteiger partial charge in [-0.3, -0.25) is 0 Å². The molecular weight excluding hydrogens is 268 g/mol.